The van der Waals surface area contributed by atoms with E-state index in [4.69, 9.17) is 14.2 Å². The lowest BCUT2D eigenvalue weighted by atomic mass is 10.1. The van der Waals surface area contributed by atoms with Crippen LogP contribution in [0.2, 0.25) is 0 Å². The van der Waals surface area contributed by atoms with Gasteiger partial charge in [0.25, 0.3) is 0 Å². The van der Waals surface area contributed by atoms with E-state index in [1.807, 2.05) is 0 Å². The second-order valence-electron chi connectivity index (χ2n) is 18.1. The maximum atomic E-state index is 12.9. The molecule has 0 amide bonds. The van der Waals surface area contributed by atoms with E-state index in [0.29, 0.717) is 19.3 Å². The Labute approximate surface area is 424 Å². The normalized spacial score (nSPS) is 13.0. The van der Waals surface area contributed by atoms with E-state index < -0.39 is 6.10 Å². The molecule has 0 aliphatic heterocycles. The van der Waals surface area contributed by atoms with Crippen LogP contribution in [0.3, 0.4) is 0 Å². The Morgan fingerprint density at radius 1 is 0.304 bits per heavy atom. The van der Waals surface area contributed by atoms with Gasteiger partial charge in [-0.25, -0.2) is 0 Å². The van der Waals surface area contributed by atoms with Gasteiger partial charge in [-0.1, -0.05) is 213 Å². The third kappa shape index (κ3) is 54.6. The molecule has 0 aromatic heterocycles. The largest absolute Gasteiger partial charge is 0.462 e. The standard InChI is InChI=1S/C63H102O6/c1-4-7-10-13-16-19-22-25-28-30-31-33-35-38-41-44-47-50-53-56-62(65)68-59-60(58-67-61(64)55-52-49-46-43-40-37-34-27-24-21-18-15-12-9-6-3)69-63(66)57-54-51-48-45-42-39-36-32-29-26-23-20-17-14-11-8-5-2/h7,9-10,12,16-21,25-29,31,33-34,40,43,60H,4-6,8,11,13-15,22-24,30,32,35-39,41-42,44-59H2,1-3H3/b10-7-,12-9-,19-16-,20-17-,21-18-,28-25-,29-26-,33-31-,34-27-,43-40-. The quantitative estimate of drug-likeness (QED) is 0.0262. The summed E-state index contributed by atoms with van der Waals surface area (Å²) >= 11 is 0. The van der Waals surface area contributed by atoms with Crippen LogP contribution in [-0.4, -0.2) is 37.2 Å². The first-order valence-corrected chi connectivity index (χ1v) is 28.0. The van der Waals surface area contributed by atoms with Crippen molar-refractivity contribution in [1.82, 2.24) is 0 Å². The summed E-state index contributed by atoms with van der Waals surface area (Å²) < 4.78 is 16.8. The molecule has 6 nitrogen and oxygen atoms in total. The van der Waals surface area contributed by atoms with E-state index in [-0.39, 0.29) is 31.1 Å². The third-order valence-corrected chi connectivity index (χ3v) is 11.4. The molecule has 69 heavy (non-hydrogen) atoms. The highest BCUT2D eigenvalue weighted by molar-refractivity contribution is 5.71. The van der Waals surface area contributed by atoms with Crippen molar-refractivity contribution in [2.45, 2.75) is 245 Å². The summed E-state index contributed by atoms with van der Waals surface area (Å²) in [5, 5.41) is 0. The van der Waals surface area contributed by atoms with Gasteiger partial charge in [-0.05, 0) is 128 Å². The molecule has 6 heteroatoms. The van der Waals surface area contributed by atoms with Crippen LogP contribution in [0.1, 0.15) is 239 Å². The summed E-state index contributed by atoms with van der Waals surface area (Å²) in [6.07, 6.45) is 77.5. The average Bonchev–Trinajstić information content (AvgIpc) is 3.35. The lowest BCUT2D eigenvalue weighted by Gasteiger charge is -2.18. The predicted molar refractivity (Wildman–Crippen MR) is 297 cm³/mol. The predicted octanol–water partition coefficient (Wildman–Crippen LogP) is 18.9. The molecule has 0 aliphatic rings. The lowest BCUT2D eigenvalue weighted by Crippen LogP contribution is -2.30. The van der Waals surface area contributed by atoms with Crippen molar-refractivity contribution in [3.8, 4) is 0 Å². The molecule has 390 valence electrons. The van der Waals surface area contributed by atoms with Crippen molar-refractivity contribution < 1.29 is 28.6 Å². The number of ether oxygens (including phenoxy) is 3. The van der Waals surface area contributed by atoms with Crippen molar-refractivity contribution in [2.24, 2.45) is 0 Å². The molecule has 0 rings (SSSR count). The summed E-state index contributed by atoms with van der Waals surface area (Å²) in [6.45, 7) is 6.33. The summed E-state index contributed by atoms with van der Waals surface area (Å²) in [5.74, 6) is -0.971. The molecule has 0 radical (unpaired) electrons. The SMILES string of the molecule is CC/C=C\C/C=C\C/C=C\C/C=C\CCCCCCCCC(=O)OCC(COC(=O)CCCC/C=C\C/C=C\C/C=C\C/C=C\CC)OC(=O)CCCCCCCCC/C=C\C/C=C\CCCCC. The van der Waals surface area contributed by atoms with Crippen molar-refractivity contribution in [3.05, 3.63) is 122 Å². The van der Waals surface area contributed by atoms with Crippen molar-refractivity contribution in [3.63, 3.8) is 0 Å². The Bertz CT molecular complexity index is 1470. The van der Waals surface area contributed by atoms with Gasteiger partial charge < -0.3 is 14.2 Å². The molecule has 0 aromatic carbocycles. The Morgan fingerprint density at radius 2 is 0.565 bits per heavy atom. The fraction of sp³-hybridized carbons (Fsp3) is 0.635. The zero-order valence-corrected chi connectivity index (χ0v) is 44.5. The molecule has 0 aliphatic carbocycles. The number of rotatable bonds is 49. The molecule has 0 aromatic rings. The van der Waals surface area contributed by atoms with E-state index >= 15 is 0 Å². The molecule has 1 unspecified atom stereocenters. The topological polar surface area (TPSA) is 78.9 Å². The van der Waals surface area contributed by atoms with Gasteiger partial charge in [0.1, 0.15) is 13.2 Å². The minimum Gasteiger partial charge on any atom is -0.462 e. The van der Waals surface area contributed by atoms with E-state index in [1.165, 1.54) is 64.2 Å². The Morgan fingerprint density at radius 3 is 0.913 bits per heavy atom. The maximum Gasteiger partial charge on any atom is 0.306 e. The van der Waals surface area contributed by atoms with E-state index in [9.17, 15) is 14.4 Å². The molecule has 1 atom stereocenters. The average molecular weight is 956 g/mol. The summed E-state index contributed by atoms with van der Waals surface area (Å²) in [6, 6.07) is 0. The fourth-order valence-electron chi connectivity index (χ4n) is 7.28. The van der Waals surface area contributed by atoms with E-state index in [0.717, 1.165) is 135 Å². The van der Waals surface area contributed by atoms with Crippen LogP contribution >= 0.6 is 0 Å². The van der Waals surface area contributed by atoms with E-state index in [1.54, 1.807) is 0 Å². The smallest absolute Gasteiger partial charge is 0.306 e. The van der Waals surface area contributed by atoms with E-state index in [2.05, 4.69) is 142 Å². The third-order valence-electron chi connectivity index (χ3n) is 11.4. The van der Waals surface area contributed by atoms with Gasteiger partial charge in [0.05, 0.1) is 0 Å². The van der Waals surface area contributed by atoms with Crippen LogP contribution in [0, 0.1) is 0 Å². The second kappa shape index (κ2) is 56.4. The van der Waals surface area contributed by atoms with Gasteiger partial charge >= 0.3 is 17.9 Å². The summed E-state index contributed by atoms with van der Waals surface area (Å²) in [5.41, 5.74) is 0. The summed E-state index contributed by atoms with van der Waals surface area (Å²) in [4.78, 5) is 38.1. The van der Waals surface area contributed by atoms with Crippen LogP contribution < -0.4 is 0 Å². The molecule has 0 fully saturated rings. The number of hydrogen-bond acceptors (Lipinski definition) is 6. The molecule has 0 heterocycles. The lowest BCUT2D eigenvalue weighted by molar-refractivity contribution is -0.167. The van der Waals surface area contributed by atoms with Crippen molar-refractivity contribution in [1.29, 1.82) is 0 Å². The van der Waals surface area contributed by atoms with Gasteiger partial charge in [0, 0.05) is 19.3 Å². The first kappa shape index (κ1) is 64.8. The highest BCUT2D eigenvalue weighted by Crippen LogP contribution is 2.14. The van der Waals surface area contributed by atoms with Gasteiger partial charge in [-0.3, -0.25) is 14.4 Å². The molecule has 0 spiro atoms. The van der Waals surface area contributed by atoms with Crippen LogP contribution in [0.5, 0.6) is 0 Å². The van der Waals surface area contributed by atoms with Gasteiger partial charge in [0.15, 0.2) is 6.10 Å². The van der Waals surface area contributed by atoms with Crippen LogP contribution in [-0.2, 0) is 28.6 Å². The Balaban J connectivity index is 4.50. The number of esters is 3. The van der Waals surface area contributed by atoms with Crippen LogP contribution in [0.4, 0.5) is 0 Å². The number of hydrogen-bond donors (Lipinski definition) is 0. The van der Waals surface area contributed by atoms with Gasteiger partial charge in [-0.15, -0.1) is 0 Å². The van der Waals surface area contributed by atoms with Crippen molar-refractivity contribution in [2.75, 3.05) is 13.2 Å². The fourth-order valence-corrected chi connectivity index (χ4v) is 7.28. The minimum absolute atomic E-state index is 0.105. The number of carbonyl (C=O) groups is 3. The highest BCUT2D eigenvalue weighted by Gasteiger charge is 2.19. The number of carbonyl (C=O) groups excluding carboxylic acids is 3. The maximum absolute atomic E-state index is 12.9. The van der Waals surface area contributed by atoms with Crippen LogP contribution in [0.15, 0.2) is 122 Å². The molecular formula is C63H102O6. The minimum atomic E-state index is -0.809. The molecular weight excluding hydrogens is 853 g/mol. The first-order valence-electron chi connectivity index (χ1n) is 28.0. The number of unbranched alkanes of at least 4 members (excludes halogenated alkanes) is 18. The zero-order chi connectivity index (χ0) is 50.0. The Hall–Kier alpha value is -4.19. The van der Waals surface area contributed by atoms with Crippen molar-refractivity contribution >= 4 is 17.9 Å². The monoisotopic (exact) mass is 955 g/mol. The zero-order valence-electron chi connectivity index (χ0n) is 44.5. The van der Waals surface area contributed by atoms with Gasteiger partial charge in [0.2, 0.25) is 0 Å². The van der Waals surface area contributed by atoms with Gasteiger partial charge in [-0.2, -0.15) is 0 Å². The number of allylic oxidation sites excluding steroid dienone is 20. The van der Waals surface area contributed by atoms with Crippen LogP contribution in [0.25, 0.3) is 0 Å². The molecule has 0 bridgehead atoms. The molecule has 0 saturated heterocycles. The Kier molecular flexibility index (Phi) is 53.0. The molecule has 0 N–H and O–H groups in total. The first-order chi connectivity index (χ1) is 34.0. The highest BCUT2D eigenvalue weighted by atomic mass is 16.6. The second-order valence-corrected chi connectivity index (χ2v) is 18.1. The molecule has 0 saturated carbocycles. The summed E-state index contributed by atoms with van der Waals surface area (Å²) in [7, 11) is 0.